The molecule has 120 valence electrons. The lowest BCUT2D eigenvalue weighted by molar-refractivity contribution is -0.00417. The van der Waals surface area contributed by atoms with Gasteiger partial charge in [0.05, 0.1) is 18.8 Å². The second kappa shape index (κ2) is 10.9. The van der Waals surface area contributed by atoms with E-state index in [0.29, 0.717) is 6.61 Å². The first-order chi connectivity index (χ1) is 9.36. The monoisotopic (exact) mass is 289 g/mol. The zero-order valence-corrected chi connectivity index (χ0v) is 13.3. The van der Waals surface area contributed by atoms with Crippen LogP contribution in [0.4, 0.5) is 4.79 Å². The van der Waals surface area contributed by atoms with Crippen molar-refractivity contribution in [2.75, 3.05) is 20.3 Å². The zero-order valence-electron chi connectivity index (χ0n) is 13.3. The molecule has 0 fully saturated rings. The van der Waals surface area contributed by atoms with Crippen molar-refractivity contribution in [1.29, 1.82) is 0 Å². The molecular formula is C15H31NO4. The maximum absolute atomic E-state index is 10.7. The van der Waals surface area contributed by atoms with Gasteiger partial charge in [-0.05, 0) is 19.3 Å². The number of ether oxygens (including phenoxy) is 1. The number of aliphatic hydroxyl groups excluding tert-OH is 1. The Hall–Kier alpha value is -0.810. The SMILES string of the molecule is CC(C)CCCCCCOC[C@@H](O)C(C)N(C)C(=O)O. The van der Waals surface area contributed by atoms with Gasteiger partial charge in [-0.1, -0.05) is 39.5 Å². The van der Waals surface area contributed by atoms with Gasteiger partial charge in [-0.25, -0.2) is 4.79 Å². The molecule has 0 aromatic carbocycles. The lowest BCUT2D eigenvalue weighted by Gasteiger charge is -2.26. The van der Waals surface area contributed by atoms with E-state index in [1.807, 2.05) is 0 Å². The third kappa shape index (κ3) is 9.15. The maximum atomic E-state index is 10.7. The van der Waals surface area contributed by atoms with Gasteiger partial charge in [-0.2, -0.15) is 0 Å². The van der Waals surface area contributed by atoms with Crippen LogP contribution >= 0.6 is 0 Å². The molecule has 2 N–H and O–H groups in total. The average molecular weight is 289 g/mol. The lowest BCUT2D eigenvalue weighted by Crippen LogP contribution is -2.43. The fourth-order valence-corrected chi connectivity index (χ4v) is 1.89. The van der Waals surface area contributed by atoms with Gasteiger partial charge < -0.3 is 19.8 Å². The topological polar surface area (TPSA) is 70.0 Å². The molecule has 2 atom stereocenters. The van der Waals surface area contributed by atoms with Crippen LogP contribution in [0.25, 0.3) is 0 Å². The Kier molecular flexibility index (Phi) is 10.5. The average Bonchev–Trinajstić information content (AvgIpc) is 2.39. The first-order valence-corrected chi connectivity index (χ1v) is 7.57. The fourth-order valence-electron chi connectivity index (χ4n) is 1.89. The second-order valence-corrected chi connectivity index (χ2v) is 5.87. The Labute approximate surface area is 122 Å². The smallest absolute Gasteiger partial charge is 0.407 e. The normalized spacial score (nSPS) is 14.3. The highest BCUT2D eigenvalue weighted by atomic mass is 16.5. The molecule has 20 heavy (non-hydrogen) atoms. The number of carbonyl (C=O) groups is 1. The summed E-state index contributed by atoms with van der Waals surface area (Å²) in [6.07, 6.45) is 4.09. The largest absolute Gasteiger partial charge is 0.465 e. The maximum Gasteiger partial charge on any atom is 0.407 e. The molecule has 0 radical (unpaired) electrons. The van der Waals surface area contributed by atoms with Crippen LogP contribution in [-0.2, 0) is 4.74 Å². The summed E-state index contributed by atoms with van der Waals surface area (Å²) in [6.45, 7) is 6.96. The van der Waals surface area contributed by atoms with Gasteiger partial charge in [0, 0.05) is 13.7 Å². The number of carboxylic acid groups (broad SMARTS) is 1. The van der Waals surface area contributed by atoms with Crippen LogP contribution in [0.3, 0.4) is 0 Å². The van der Waals surface area contributed by atoms with Gasteiger partial charge in [0.2, 0.25) is 0 Å². The molecule has 0 bridgehead atoms. The van der Waals surface area contributed by atoms with E-state index in [-0.39, 0.29) is 6.61 Å². The third-order valence-electron chi connectivity index (χ3n) is 3.58. The highest BCUT2D eigenvalue weighted by Crippen LogP contribution is 2.09. The third-order valence-corrected chi connectivity index (χ3v) is 3.58. The number of likely N-dealkylation sites (N-methyl/N-ethyl adjacent to an activating group) is 1. The number of amides is 1. The van der Waals surface area contributed by atoms with Crippen molar-refractivity contribution in [2.24, 2.45) is 5.92 Å². The van der Waals surface area contributed by atoms with Gasteiger partial charge >= 0.3 is 6.09 Å². The van der Waals surface area contributed by atoms with Gasteiger partial charge in [0.25, 0.3) is 0 Å². The van der Waals surface area contributed by atoms with Crippen molar-refractivity contribution < 1.29 is 19.7 Å². The molecule has 0 saturated heterocycles. The summed E-state index contributed by atoms with van der Waals surface area (Å²) in [7, 11) is 1.45. The molecule has 1 amide bonds. The Morgan fingerprint density at radius 2 is 1.75 bits per heavy atom. The Morgan fingerprint density at radius 1 is 1.15 bits per heavy atom. The van der Waals surface area contributed by atoms with Crippen molar-refractivity contribution >= 4 is 6.09 Å². The lowest BCUT2D eigenvalue weighted by atomic mass is 10.0. The molecule has 0 aliphatic heterocycles. The van der Waals surface area contributed by atoms with E-state index in [1.165, 1.54) is 26.3 Å². The van der Waals surface area contributed by atoms with Crippen LogP contribution in [0.2, 0.25) is 0 Å². The first-order valence-electron chi connectivity index (χ1n) is 7.57. The van der Waals surface area contributed by atoms with Crippen LogP contribution in [0, 0.1) is 5.92 Å². The Bertz CT molecular complexity index is 258. The van der Waals surface area contributed by atoms with Crippen molar-refractivity contribution in [2.45, 2.75) is 65.0 Å². The van der Waals surface area contributed by atoms with Crippen LogP contribution < -0.4 is 0 Å². The summed E-state index contributed by atoms with van der Waals surface area (Å²) in [5.74, 6) is 0.772. The van der Waals surface area contributed by atoms with E-state index in [0.717, 1.165) is 23.7 Å². The van der Waals surface area contributed by atoms with Crippen molar-refractivity contribution in [3.05, 3.63) is 0 Å². The fraction of sp³-hybridized carbons (Fsp3) is 0.933. The summed E-state index contributed by atoms with van der Waals surface area (Å²) in [4.78, 5) is 11.8. The number of rotatable bonds is 11. The Balaban J connectivity index is 3.52. The minimum atomic E-state index is -1.04. The molecule has 0 aromatic heterocycles. The first kappa shape index (κ1) is 19.2. The van der Waals surface area contributed by atoms with Gasteiger partial charge in [0.15, 0.2) is 0 Å². The molecule has 0 rings (SSSR count). The van der Waals surface area contributed by atoms with Gasteiger partial charge in [-0.3, -0.25) is 0 Å². The van der Waals surface area contributed by atoms with E-state index in [1.54, 1.807) is 6.92 Å². The number of nitrogens with zero attached hydrogens (tertiary/aromatic N) is 1. The molecule has 5 heteroatoms. The van der Waals surface area contributed by atoms with E-state index < -0.39 is 18.2 Å². The minimum absolute atomic E-state index is 0.185. The predicted molar refractivity (Wildman–Crippen MR) is 80.0 cm³/mol. The van der Waals surface area contributed by atoms with Gasteiger partial charge in [0.1, 0.15) is 0 Å². The summed E-state index contributed by atoms with van der Waals surface area (Å²) in [5.41, 5.74) is 0. The second-order valence-electron chi connectivity index (χ2n) is 5.87. The van der Waals surface area contributed by atoms with Crippen LogP contribution in [0.1, 0.15) is 52.9 Å². The summed E-state index contributed by atoms with van der Waals surface area (Å²) in [6, 6.07) is -0.460. The summed E-state index contributed by atoms with van der Waals surface area (Å²) in [5, 5.41) is 18.6. The number of aliphatic hydroxyl groups is 1. The molecule has 5 nitrogen and oxygen atoms in total. The number of hydrogen-bond donors (Lipinski definition) is 2. The van der Waals surface area contributed by atoms with E-state index in [4.69, 9.17) is 9.84 Å². The predicted octanol–water partition coefficient (Wildman–Crippen LogP) is 2.97. The van der Waals surface area contributed by atoms with Crippen LogP contribution in [0.15, 0.2) is 0 Å². The quantitative estimate of drug-likeness (QED) is 0.574. The highest BCUT2D eigenvalue weighted by molar-refractivity contribution is 5.64. The minimum Gasteiger partial charge on any atom is -0.465 e. The number of unbranched alkanes of at least 4 members (excludes halogenated alkanes) is 3. The van der Waals surface area contributed by atoms with E-state index in [2.05, 4.69) is 13.8 Å². The zero-order chi connectivity index (χ0) is 15.5. The van der Waals surface area contributed by atoms with Crippen LogP contribution in [0.5, 0.6) is 0 Å². The molecule has 0 saturated carbocycles. The molecule has 1 unspecified atom stereocenters. The molecule has 0 aliphatic carbocycles. The Morgan fingerprint density at radius 3 is 2.30 bits per heavy atom. The van der Waals surface area contributed by atoms with Crippen LogP contribution in [-0.4, -0.2) is 53.6 Å². The summed E-state index contributed by atoms with van der Waals surface area (Å²) >= 11 is 0. The van der Waals surface area contributed by atoms with E-state index in [9.17, 15) is 9.90 Å². The molecule has 0 spiro atoms. The van der Waals surface area contributed by atoms with Gasteiger partial charge in [-0.15, -0.1) is 0 Å². The van der Waals surface area contributed by atoms with Crippen molar-refractivity contribution in [3.8, 4) is 0 Å². The molecule has 0 aliphatic rings. The highest BCUT2D eigenvalue weighted by Gasteiger charge is 2.22. The molecule has 0 aromatic rings. The summed E-state index contributed by atoms with van der Waals surface area (Å²) < 4.78 is 5.40. The van der Waals surface area contributed by atoms with E-state index >= 15 is 0 Å². The number of hydrogen-bond acceptors (Lipinski definition) is 3. The van der Waals surface area contributed by atoms with Crippen molar-refractivity contribution in [3.63, 3.8) is 0 Å². The molecular weight excluding hydrogens is 258 g/mol. The molecule has 0 heterocycles. The van der Waals surface area contributed by atoms with Crippen molar-refractivity contribution in [1.82, 2.24) is 4.90 Å². The standard InChI is InChI=1S/C15H31NO4/c1-12(2)9-7-5-6-8-10-20-11-14(17)13(3)16(4)15(18)19/h12-14,17H,5-11H2,1-4H3,(H,18,19)/t13?,14-/m1/s1.